The molecule has 15 heavy (non-hydrogen) atoms. The fraction of sp³-hybridized carbons (Fsp3) is 0.900. The molecule has 1 saturated heterocycles. The molecule has 1 amide bonds. The second-order valence-corrected chi connectivity index (χ2v) is 4.78. The van der Waals surface area contributed by atoms with Gasteiger partial charge in [0.1, 0.15) is 5.60 Å². The number of ether oxygens (including phenoxy) is 1. The Kier molecular flexibility index (Phi) is 3.57. The maximum atomic E-state index is 11.7. The maximum absolute atomic E-state index is 11.7. The van der Waals surface area contributed by atoms with E-state index in [0.29, 0.717) is 13.0 Å². The predicted octanol–water partition coefficient (Wildman–Crippen LogP) is 0.349. The first-order valence-electron chi connectivity index (χ1n) is 5.13. The quantitative estimate of drug-likeness (QED) is 0.665. The van der Waals surface area contributed by atoms with E-state index in [9.17, 15) is 9.90 Å². The Morgan fingerprint density at radius 3 is 2.60 bits per heavy atom. The molecule has 0 aromatic heterocycles. The monoisotopic (exact) mass is 217 g/mol. The number of amides is 1. The van der Waals surface area contributed by atoms with E-state index in [0.717, 1.165) is 0 Å². The molecular formula is C10H19NO4. The van der Waals surface area contributed by atoms with Crippen LogP contribution in [0.15, 0.2) is 0 Å². The molecule has 5 heteroatoms. The zero-order valence-corrected chi connectivity index (χ0v) is 9.43. The zero-order chi connectivity index (χ0) is 11.6. The highest BCUT2D eigenvalue weighted by Gasteiger charge is 2.37. The molecule has 2 atom stereocenters. The first-order chi connectivity index (χ1) is 6.85. The van der Waals surface area contributed by atoms with Crippen molar-refractivity contribution in [2.75, 3.05) is 13.2 Å². The lowest BCUT2D eigenvalue weighted by molar-refractivity contribution is 0.00661. The number of carbonyl (C=O) groups is 1. The third-order valence-corrected chi connectivity index (χ3v) is 2.33. The molecule has 2 N–H and O–H groups in total. The van der Waals surface area contributed by atoms with E-state index < -0.39 is 23.8 Å². The summed E-state index contributed by atoms with van der Waals surface area (Å²) in [5.41, 5.74) is -0.551. The summed E-state index contributed by atoms with van der Waals surface area (Å²) in [6, 6.07) is -0.528. The third kappa shape index (κ3) is 3.07. The Morgan fingerprint density at radius 1 is 1.53 bits per heavy atom. The first-order valence-corrected chi connectivity index (χ1v) is 5.13. The molecule has 88 valence electrons. The molecule has 5 nitrogen and oxygen atoms in total. The molecule has 1 aliphatic rings. The molecule has 0 saturated carbocycles. The van der Waals surface area contributed by atoms with Gasteiger partial charge in [-0.25, -0.2) is 4.79 Å². The number of rotatable bonds is 1. The normalized spacial score (nSPS) is 26.9. The lowest BCUT2D eigenvalue weighted by Crippen LogP contribution is -2.44. The van der Waals surface area contributed by atoms with Gasteiger partial charge in [-0.1, -0.05) is 0 Å². The Hall–Kier alpha value is -0.810. The summed E-state index contributed by atoms with van der Waals surface area (Å²) >= 11 is 0. The van der Waals surface area contributed by atoms with E-state index in [-0.39, 0.29) is 6.61 Å². The standard InChI is InChI=1S/C10H19NO4/c1-10(2,3)15-9(14)11-5-4-8(13)7(11)6-12/h7-8,12-13H,4-6H2,1-3H3/t7-,8?/m1/s1. The van der Waals surface area contributed by atoms with Crippen LogP contribution in [0.5, 0.6) is 0 Å². The van der Waals surface area contributed by atoms with Gasteiger partial charge < -0.3 is 19.8 Å². The highest BCUT2D eigenvalue weighted by molar-refractivity contribution is 5.69. The van der Waals surface area contributed by atoms with Crippen LogP contribution < -0.4 is 0 Å². The molecule has 1 aliphatic heterocycles. The van der Waals surface area contributed by atoms with Crippen molar-refractivity contribution >= 4 is 6.09 Å². The fourth-order valence-electron chi connectivity index (χ4n) is 1.60. The largest absolute Gasteiger partial charge is 0.444 e. The van der Waals surface area contributed by atoms with E-state index in [1.54, 1.807) is 20.8 Å². The van der Waals surface area contributed by atoms with Crippen molar-refractivity contribution in [2.45, 2.75) is 44.9 Å². The highest BCUT2D eigenvalue weighted by atomic mass is 16.6. The van der Waals surface area contributed by atoms with Gasteiger partial charge in [0.2, 0.25) is 0 Å². The summed E-state index contributed by atoms with van der Waals surface area (Å²) in [5.74, 6) is 0. The average Bonchev–Trinajstić information content (AvgIpc) is 2.43. The van der Waals surface area contributed by atoms with Gasteiger partial charge in [-0.15, -0.1) is 0 Å². The highest BCUT2D eigenvalue weighted by Crippen LogP contribution is 2.20. The van der Waals surface area contributed by atoms with Gasteiger partial charge in [0.05, 0.1) is 18.8 Å². The van der Waals surface area contributed by atoms with Crippen molar-refractivity contribution in [3.8, 4) is 0 Å². The lowest BCUT2D eigenvalue weighted by Gasteiger charge is -2.28. The van der Waals surface area contributed by atoms with Crippen molar-refractivity contribution in [1.29, 1.82) is 0 Å². The molecule has 0 bridgehead atoms. The molecular weight excluding hydrogens is 198 g/mol. The Labute approximate surface area is 89.6 Å². The Bertz CT molecular complexity index is 236. The summed E-state index contributed by atoms with van der Waals surface area (Å²) in [6.45, 7) is 5.55. The van der Waals surface area contributed by atoms with E-state index in [1.165, 1.54) is 4.90 Å². The van der Waals surface area contributed by atoms with Crippen molar-refractivity contribution in [3.05, 3.63) is 0 Å². The van der Waals surface area contributed by atoms with Gasteiger partial charge in [0.15, 0.2) is 0 Å². The average molecular weight is 217 g/mol. The fourth-order valence-corrected chi connectivity index (χ4v) is 1.60. The number of aliphatic hydroxyl groups excluding tert-OH is 2. The molecule has 1 fully saturated rings. The first kappa shape index (κ1) is 12.3. The van der Waals surface area contributed by atoms with Crippen LogP contribution in [0.2, 0.25) is 0 Å². The Balaban J connectivity index is 2.60. The number of aliphatic hydroxyl groups is 2. The summed E-state index contributed by atoms with van der Waals surface area (Å²) < 4.78 is 5.17. The molecule has 1 heterocycles. The summed E-state index contributed by atoms with van der Waals surface area (Å²) in [5, 5.41) is 18.5. The van der Waals surface area contributed by atoms with Crippen molar-refractivity contribution in [2.24, 2.45) is 0 Å². The Morgan fingerprint density at radius 2 is 2.13 bits per heavy atom. The van der Waals surface area contributed by atoms with Crippen LogP contribution in [0.4, 0.5) is 4.79 Å². The number of hydrogen-bond acceptors (Lipinski definition) is 4. The molecule has 0 aromatic rings. The molecule has 0 aromatic carbocycles. The van der Waals surface area contributed by atoms with Crippen LogP contribution in [0.25, 0.3) is 0 Å². The topological polar surface area (TPSA) is 70.0 Å². The van der Waals surface area contributed by atoms with Crippen LogP contribution in [-0.4, -0.2) is 52.1 Å². The number of carbonyl (C=O) groups excluding carboxylic acids is 1. The number of nitrogens with zero attached hydrogens (tertiary/aromatic N) is 1. The van der Waals surface area contributed by atoms with E-state index in [4.69, 9.17) is 9.84 Å². The van der Waals surface area contributed by atoms with Gasteiger partial charge in [-0.3, -0.25) is 0 Å². The smallest absolute Gasteiger partial charge is 0.410 e. The molecule has 1 rings (SSSR count). The molecule has 1 unspecified atom stereocenters. The van der Waals surface area contributed by atoms with Gasteiger partial charge in [0, 0.05) is 6.54 Å². The van der Waals surface area contributed by atoms with Crippen LogP contribution in [0, 0.1) is 0 Å². The van der Waals surface area contributed by atoms with Crippen LogP contribution in [0.3, 0.4) is 0 Å². The molecule has 0 spiro atoms. The third-order valence-electron chi connectivity index (χ3n) is 2.33. The van der Waals surface area contributed by atoms with E-state index in [2.05, 4.69) is 0 Å². The minimum atomic E-state index is -0.650. The molecule has 0 radical (unpaired) electrons. The summed E-state index contributed by atoms with van der Waals surface area (Å²) in [4.78, 5) is 13.0. The minimum Gasteiger partial charge on any atom is -0.444 e. The van der Waals surface area contributed by atoms with Crippen molar-refractivity contribution < 1.29 is 19.7 Å². The second kappa shape index (κ2) is 4.37. The molecule has 0 aliphatic carbocycles. The van der Waals surface area contributed by atoms with E-state index in [1.807, 2.05) is 0 Å². The SMILES string of the molecule is CC(C)(C)OC(=O)N1CCC(O)[C@H]1CO. The summed E-state index contributed by atoms with van der Waals surface area (Å²) in [7, 11) is 0. The van der Waals surface area contributed by atoms with Gasteiger partial charge in [-0.2, -0.15) is 0 Å². The van der Waals surface area contributed by atoms with Crippen LogP contribution in [0.1, 0.15) is 27.2 Å². The van der Waals surface area contributed by atoms with E-state index >= 15 is 0 Å². The zero-order valence-electron chi connectivity index (χ0n) is 9.43. The van der Waals surface area contributed by atoms with Crippen molar-refractivity contribution in [1.82, 2.24) is 4.90 Å². The van der Waals surface area contributed by atoms with Crippen LogP contribution in [-0.2, 0) is 4.74 Å². The van der Waals surface area contributed by atoms with Gasteiger partial charge in [0.25, 0.3) is 0 Å². The maximum Gasteiger partial charge on any atom is 0.410 e. The predicted molar refractivity (Wildman–Crippen MR) is 54.4 cm³/mol. The second-order valence-electron chi connectivity index (χ2n) is 4.78. The van der Waals surface area contributed by atoms with Crippen LogP contribution >= 0.6 is 0 Å². The van der Waals surface area contributed by atoms with Gasteiger partial charge in [-0.05, 0) is 27.2 Å². The van der Waals surface area contributed by atoms with Gasteiger partial charge >= 0.3 is 6.09 Å². The van der Waals surface area contributed by atoms with Crippen molar-refractivity contribution in [3.63, 3.8) is 0 Å². The number of hydrogen-bond donors (Lipinski definition) is 2. The number of likely N-dealkylation sites (tertiary alicyclic amines) is 1. The summed E-state index contributed by atoms with van der Waals surface area (Å²) in [6.07, 6.45) is -0.634. The lowest BCUT2D eigenvalue weighted by atomic mass is 10.2. The minimum absolute atomic E-state index is 0.236.